The number of anilines is 1. The van der Waals surface area contributed by atoms with Crippen molar-refractivity contribution >= 4 is 17.3 Å². The van der Waals surface area contributed by atoms with Crippen LogP contribution in [0, 0.1) is 0 Å². The number of hydrogen-bond donors (Lipinski definition) is 1. The van der Waals surface area contributed by atoms with Crippen LogP contribution in [0.2, 0.25) is 5.02 Å². The number of hydrogen-bond acceptors (Lipinski definition) is 3. The molecular formula is C17H28ClN3. The molecule has 21 heavy (non-hydrogen) atoms. The van der Waals surface area contributed by atoms with Gasteiger partial charge in [0.25, 0.3) is 0 Å². The maximum absolute atomic E-state index is 6.40. The van der Waals surface area contributed by atoms with E-state index < -0.39 is 0 Å². The van der Waals surface area contributed by atoms with Crippen molar-refractivity contribution < 1.29 is 0 Å². The van der Waals surface area contributed by atoms with Crippen molar-refractivity contribution in [2.45, 2.75) is 39.3 Å². The summed E-state index contributed by atoms with van der Waals surface area (Å²) in [4.78, 5) is 4.92. The minimum Gasteiger partial charge on any atom is -0.373 e. The first kappa shape index (κ1) is 16.6. The van der Waals surface area contributed by atoms with Crippen molar-refractivity contribution in [3.8, 4) is 0 Å². The zero-order valence-electron chi connectivity index (χ0n) is 13.5. The number of nitrogens with zero attached hydrogens (tertiary/aromatic N) is 2. The van der Waals surface area contributed by atoms with Crippen molar-refractivity contribution in [3.05, 3.63) is 28.8 Å². The van der Waals surface area contributed by atoms with Crippen molar-refractivity contribution in [2.75, 3.05) is 38.1 Å². The molecule has 0 saturated carbocycles. The van der Waals surface area contributed by atoms with Gasteiger partial charge < -0.3 is 10.2 Å². The molecule has 1 fully saturated rings. The van der Waals surface area contributed by atoms with E-state index in [1.165, 1.54) is 30.6 Å². The maximum atomic E-state index is 6.40. The van der Waals surface area contributed by atoms with Crippen LogP contribution in [-0.4, -0.2) is 44.2 Å². The van der Waals surface area contributed by atoms with E-state index >= 15 is 0 Å². The van der Waals surface area contributed by atoms with E-state index in [2.05, 4.69) is 54.2 Å². The smallest absolute Gasteiger partial charge is 0.0471 e. The average Bonchev–Trinajstić information content (AvgIpc) is 2.93. The summed E-state index contributed by atoms with van der Waals surface area (Å²) < 4.78 is 0. The quantitative estimate of drug-likeness (QED) is 0.833. The van der Waals surface area contributed by atoms with Crippen LogP contribution >= 0.6 is 11.6 Å². The molecule has 4 heteroatoms. The molecule has 1 aliphatic rings. The van der Waals surface area contributed by atoms with Crippen LogP contribution in [0.3, 0.4) is 0 Å². The second-order valence-electron chi connectivity index (χ2n) is 5.86. The van der Waals surface area contributed by atoms with Crippen molar-refractivity contribution in [1.82, 2.24) is 10.2 Å². The van der Waals surface area contributed by atoms with E-state index in [9.17, 15) is 0 Å². The van der Waals surface area contributed by atoms with Gasteiger partial charge in [-0.1, -0.05) is 31.5 Å². The molecule has 1 N–H and O–H groups in total. The van der Waals surface area contributed by atoms with Gasteiger partial charge in [0.2, 0.25) is 0 Å². The molecule has 1 aliphatic heterocycles. The summed E-state index contributed by atoms with van der Waals surface area (Å²) in [6.45, 7) is 9.65. The number of nitrogens with one attached hydrogen (secondary N) is 1. The Morgan fingerprint density at radius 1 is 1.38 bits per heavy atom. The lowest BCUT2D eigenvalue weighted by molar-refractivity contribution is 0.270. The topological polar surface area (TPSA) is 18.5 Å². The van der Waals surface area contributed by atoms with Crippen LogP contribution in [-0.2, 0) is 6.54 Å². The molecule has 1 unspecified atom stereocenters. The standard InChI is InChI=1S/C17H28ClN3/c1-4-19-12-14-8-9-15(11-17(14)18)20(3)13-16-7-6-10-21(16)5-2/h8-9,11,16,19H,4-7,10,12-13H2,1-3H3. The number of halogens is 1. The Morgan fingerprint density at radius 3 is 2.86 bits per heavy atom. The molecule has 3 nitrogen and oxygen atoms in total. The predicted molar refractivity (Wildman–Crippen MR) is 92.4 cm³/mol. The lowest BCUT2D eigenvalue weighted by Crippen LogP contribution is -2.38. The van der Waals surface area contributed by atoms with E-state index in [0.29, 0.717) is 6.04 Å². The lowest BCUT2D eigenvalue weighted by atomic mass is 10.1. The minimum atomic E-state index is 0.681. The van der Waals surface area contributed by atoms with Gasteiger partial charge in [-0.2, -0.15) is 0 Å². The second kappa shape index (κ2) is 8.02. The Labute approximate surface area is 134 Å². The SMILES string of the molecule is CCNCc1ccc(N(C)CC2CCCN2CC)cc1Cl. The van der Waals surface area contributed by atoms with Crippen molar-refractivity contribution in [3.63, 3.8) is 0 Å². The third-order valence-electron chi connectivity index (χ3n) is 4.43. The highest BCUT2D eigenvalue weighted by molar-refractivity contribution is 6.31. The van der Waals surface area contributed by atoms with E-state index in [-0.39, 0.29) is 0 Å². The van der Waals surface area contributed by atoms with Gasteiger partial charge in [0.15, 0.2) is 0 Å². The summed E-state index contributed by atoms with van der Waals surface area (Å²) in [6.07, 6.45) is 2.64. The molecule has 0 spiro atoms. The van der Waals surface area contributed by atoms with Crippen molar-refractivity contribution in [1.29, 1.82) is 0 Å². The van der Waals surface area contributed by atoms with Gasteiger partial charge in [0, 0.05) is 36.9 Å². The van der Waals surface area contributed by atoms with E-state index in [0.717, 1.165) is 31.2 Å². The Balaban J connectivity index is 1.99. The van der Waals surface area contributed by atoms with Gasteiger partial charge in [-0.3, -0.25) is 4.90 Å². The first-order valence-corrected chi connectivity index (χ1v) is 8.47. The Bertz CT molecular complexity index is 450. The molecule has 2 rings (SSSR count). The highest BCUT2D eigenvalue weighted by Gasteiger charge is 2.24. The molecular weight excluding hydrogens is 282 g/mol. The zero-order chi connectivity index (χ0) is 15.2. The van der Waals surface area contributed by atoms with Crippen molar-refractivity contribution in [2.24, 2.45) is 0 Å². The monoisotopic (exact) mass is 309 g/mol. The molecule has 1 saturated heterocycles. The fourth-order valence-electron chi connectivity index (χ4n) is 3.12. The lowest BCUT2D eigenvalue weighted by Gasteiger charge is -2.29. The van der Waals surface area contributed by atoms with E-state index in [1.54, 1.807) is 0 Å². The first-order chi connectivity index (χ1) is 10.2. The summed E-state index contributed by atoms with van der Waals surface area (Å²) >= 11 is 6.40. The van der Waals surface area contributed by atoms with E-state index in [4.69, 9.17) is 11.6 Å². The number of likely N-dealkylation sites (tertiary alicyclic amines) is 1. The number of rotatable bonds is 7. The largest absolute Gasteiger partial charge is 0.373 e. The Morgan fingerprint density at radius 2 is 2.19 bits per heavy atom. The second-order valence-corrected chi connectivity index (χ2v) is 6.27. The van der Waals surface area contributed by atoms with Gasteiger partial charge in [0.05, 0.1) is 0 Å². The summed E-state index contributed by atoms with van der Waals surface area (Å²) in [5.41, 5.74) is 2.38. The average molecular weight is 310 g/mol. The summed E-state index contributed by atoms with van der Waals surface area (Å²) in [7, 11) is 2.17. The fraction of sp³-hybridized carbons (Fsp3) is 0.647. The highest BCUT2D eigenvalue weighted by Crippen LogP contribution is 2.25. The van der Waals surface area contributed by atoms with E-state index in [1.807, 2.05) is 0 Å². The number of benzene rings is 1. The first-order valence-electron chi connectivity index (χ1n) is 8.10. The maximum Gasteiger partial charge on any atom is 0.0471 e. The summed E-state index contributed by atoms with van der Waals surface area (Å²) in [5.74, 6) is 0. The van der Waals surface area contributed by atoms with Gasteiger partial charge in [-0.05, 0) is 50.2 Å². The Hall–Kier alpha value is -0.770. The molecule has 0 bridgehead atoms. The molecule has 0 radical (unpaired) electrons. The fourth-order valence-corrected chi connectivity index (χ4v) is 3.36. The van der Waals surface area contributed by atoms with Crippen LogP contribution in [0.5, 0.6) is 0 Å². The van der Waals surface area contributed by atoms with Crippen LogP contribution in [0.25, 0.3) is 0 Å². The molecule has 1 aromatic carbocycles. The van der Waals surface area contributed by atoms with Gasteiger partial charge in [-0.15, -0.1) is 0 Å². The van der Waals surface area contributed by atoms with Crippen LogP contribution in [0.4, 0.5) is 5.69 Å². The number of likely N-dealkylation sites (N-methyl/N-ethyl adjacent to an activating group) is 2. The summed E-state index contributed by atoms with van der Waals surface area (Å²) in [5, 5.41) is 4.18. The predicted octanol–water partition coefficient (Wildman–Crippen LogP) is 3.37. The minimum absolute atomic E-state index is 0.681. The molecule has 0 aliphatic carbocycles. The molecule has 1 atom stereocenters. The summed E-state index contributed by atoms with van der Waals surface area (Å²) in [6, 6.07) is 7.10. The highest BCUT2D eigenvalue weighted by atomic mass is 35.5. The normalized spacial score (nSPS) is 19.1. The Kier molecular flexibility index (Phi) is 6.34. The van der Waals surface area contributed by atoms with Gasteiger partial charge >= 0.3 is 0 Å². The molecule has 118 valence electrons. The molecule has 1 heterocycles. The van der Waals surface area contributed by atoms with Crippen LogP contribution < -0.4 is 10.2 Å². The molecule has 0 aromatic heterocycles. The van der Waals surface area contributed by atoms with Gasteiger partial charge in [-0.25, -0.2) is 0 Å². The molecule has 1 aromatic rings. The molecule has 0 amide bonds. The third kappa shape index (κ3) is 4.35. The van der Waals surface area contributed by atoms with Crippen LogP contribution in [0.15, 0.2) is 18.2 Å². The zero-order valence-corrected chi connectivity index (χ0v) is 14.3. The third-order valence-corrected chi connectivity index (χ3v) is 4.78. The van der Waals surface area contributed by atoms with Gasteiger partial charge in [0.1, 0.15) is 0 Å². The van der Waals surface area contributed by atoms with Crippen LogP contribution in [0.1, 0.15) is 32.3 Å².